The van der Waals surface area contributed by atoms with Crippen LogP contribution in [0.2, 0.25) is 0 Å². The molecule has 0 spiro atoms. The number of nitrogens with one attached hydrogen (secondary N) is 1. The normalized spacial score (nSPS) is 16.3. The number of halogens is 4. The Morgan fingerprint density at radius 2 is 1.81 bits per heavy atom. The van der Waals surface area contributed by atoms with Gasteiger partial charge in [-0.25, -0.2) is 22.4 Å². The molecule has 0 radical (unpaired) electrons. The van der Waals surface area contributed by atoms with Gasteiger partial charge in [0.15, 0.2) is 23.3 Å². The molecular weight excluding hydrogens is 370 g/mol. The van der Waals surface area contributed by atoms with Crippen molar-refractivity contribution >= 4 is 11.8 Å². The van der Waals surface area contributed by atoms with E-state index in [0.717, 1.165) is 19.0 Å². The maximum Gasteiger partial charge on any atom is 0.343 e. The Morgan fingerprint density at radius 3 is 2.37 bits per heavy atom. The number of aliphatic hydroxyl groups excluding tert-OH is 1. The molecule has 2 N–H and O–H groups in total. The van der Waals surface area contributed by atoms with E-state index in [1.54, 1.807) is 0 Å². The Hall–Kier alpha value is -2.42. The highest BCUT2D eigenvalue weighted by Crippen LogP contribution is 2.29. The molecule has 1 aliphatic rings. The summed E-state index contributed by atoms with van der Waals surface area (Å²) in [5.74, 6) is -10.4. The summed E-state index contributed by atoms with van der Waals surface area (Å²) in [4.78, 5) is 24.6. The molecule has 0 aromatic heterocycles. The van der Waals surface area contributed by atoms with E-state index in [1.807, 2.05) is 0 Å². The number of carbonyl (C=O) groups excluding carboxylic acids is 2. The molecule has 0 amide bonds. The zero-order valence-corrected chi connectivity index (χ0v) is 14.6. The molecule has 0 saturated heterocycles. The number of aliphatic hydroxyl groups is 1. The third-order valence-electron chi connectivity index (χ3n) is 4.47. The smallest absolute Gasteiger partial charge is 0.343 e. The highest BCUT2D eigenvalue weighted by Gasteiger charge is 2.34. The first-order valence-electron chi connectivity index (χ1n) is 8.40. The van der Waals surface area contributed by atoms with E-state index >= 15 is 0 Å². The lowest BCUT2D eigenvalue weighted by Gasteiger charge is -2.27. The van der Waals surface area contributed by atoms with Crippen molar-refractivity contribution in [3.63, 3.8) is 0 Å². The summed E-state index contributed by atoms with van der Waals surface area (Å²) in [7, 11) is 0. The first kappa shape index (κ1) is 20.9. The first-order chi connectivity index (χ1) is 12.8. The van der Waals surface area contributed by atoms with Crippen LogP contribution < -0.4 is 5.32 Å². The number of hydrogen-bond donors (Lipinski definition) is 2. The quantitative estimate of drug-likeness (QED) is 0.110. The van der Waals surface area contributed by atoms with Gasteiger partial charge in [-0.1, -0.05) is 12.8 Å². The van der Waals surface area contributed by atoms with Crippen LogP contribution in [0, 0.1) is 23.3 Å². The molecule has 0 heterocycles. The maximum atomic E-state index is 13.9. The largest absolute Gasteiger partial charge is 0.462 e. The zero-order valence-electron chi connectivity index (χ0n) is 14.6. The van der Waals surface area contributed by atoms with E-state index in [4.69, 9.17) is 4.74 Å². The highest BCUT2D eigenvalue weighted by atomic mass is 19.2. The Balaban J connectivity index is 2.44. The zero-order chi connectivity index (χ0) is 20.2. The first-order valence-corrected chi connectivity index (χ1v) is 8.40. The molecule has 1 aliphatic carbocycles. The van der Waals surface area contributed by atoms with Gasteiger partial charge in [-0.2, -0.15) is 0 Å². The number of Topliss-reactive ketones (excluding diaryl/α,β-unsaturated/α-hetero) is 1. The fourth-order valence-corrected chi connectivity index (χ4v) is 2.93. The number of rotatable bonds is 7. The van der Waals surface area contributed by atoms with Crippen LogP contribution in [0.1, 0.15) is 43.0 Å². The summed E-state index contributed by atoms with van der Waals surface area (Å²) < 4.78 is 58.7. The van der Waals surface area contributed by atoms with Crippen LogP contribution in [-0.4, -0.2) is 35.6 Å². The fraction of sp³-hybridized carbons (Fsp3) is 0.444. The Kier molecular flexibility index (Phi) is 6.59. The minimum Gasteiger partial charge on any atom is -0.462 e. The van der Waals surface area contributed by atoms with Crippen LogP contribution in [0.25, 0.3) is 0 Å². The second kappa shape index (κ2) is 8.51. The second-order valence-corrected chi connectivity index (χ2v) is 6.25. The van der Waals surface area contributed by atoms with Crippen molar-refractivity contribution in [1.82, 2.24) is 5.32 Å². The molecule has 0 unspecified atom stereocenters. The van der Waals surface area contributed by atoms with E-state index in [2.05, 4.69) is 5.32 Å². The van der Waals surface area contributed by atoms with Gasteiger partial charge in [0.1, 0.15) is 5.57 Å². The summed E-state index contributed by atoms with van der Waals surface area (Å²) in [6.45, 7) is 1.09. The van der Waals surface area contributed by atoms with Crippen LogP contribution in [0.4, 0.5) is 17.6 Å². The predicted molar refractivity (Wildman–Crippen MR) is 86.7 cm³/mol. The van der Waals surface area contributed by atoms with Gasteiger partial charge < -0.3 is 15.2 Å². The summed E-state index contributed by atoms with van der Waals surface area (Å²) >= 11 is 0. The number of hydrogen-bond acceptors (Lipinski definition) is 5. The molecule has 148 valence electrons. The SMILES string of the molecule is CCOC(=O)C(=CNC1(CO)CCCC1)C(=O)c1cc(F)c(F)c(F)c1F. The van der Waals surface area contributed by atoms with Crippen molar-refractivity contribution in [3.8, 4) is 0 Å². The minimum atomic E-state index is -2.16. The summed E-state index contributed by atoms with van der Waals surface area (Å²) in [5.41, 5.74) is -2.63. The lowest BCUT2D eigenvalue weighted by molar-refractivity contribution is -0.138. The summed E-state index contributed by atoms with van der Waals surface area (Å²) in [6.07, 6.45) is 3.71. The monoisotopic (exact) mass is 389 g/mol. The van der Waals surface area contributed by atoms with Gasteiger partial charge in [0, 0.05) is 6.20 Å². The summed E-state index contributed by atoms with van der Waals surface area (Å²) in [6, 6.07) is 0.181. The van der Waals surface area contributed by atoms with Crippen molar-refractivity contribution in [3.05, 3.63) is 46.7 Å². The third-order valence-corrected chi connectivity index (χ3v) is 4.47. The average molecular weight is 389 g/mol. The fourth-order valence-electron chi connectivity index (χ4n) is 2.93. The Labute approximate surface area is 153 Å². The number of carbonyl (C=O) groups is 2. The molecule has 5 nitrogen and oxygen atoms in total. The molecule has 9 heteroatoms. The molecule has 1 aromatic carbocycles. The molecule has 0 atom stereocenters. The van der Waals surface area contributed by atoms with Crippen LogP contribution in [-0.2, 0) is 9.53 Å². The molecule has 0 aliphatic heterocycles. The van der Waals surface area contributed by atoms with Crippen LogP contribution >= 0.6 is 0 Å². The van der Waals surface area contributed by atoms with Crippen molar-refractivity contribution < 1.29 is 37.0 Å². The Bertz CT molecular complexity index is 773. The molecule has 1 saturated carbocycles. The Morgan fingerprint density at radius 1 is 1.19 bits per heavy atom. The van der Waals surface area contributed by atoms with Crippen LogP contribution in [0.15, 0.2) is 17.8 Å². The number of ether oxygens (including phenoxy) is 1. The van der Waals surface area contributed by atoms with Gasteiger partial charge in [0.25, 0.3) is 0 Å². The van der Waals surface area contributed by atoms with Gasteiger partial charge in [0.05, 0.1) is 24.3 Å². The molecule has 27 heavy (non-hydrogen) atoms. The van der Waals surface area contributed by atoms with Gasteiger partial charge >= 0.3 is 5.97 Å². The molecule has 1 fully saturated rings. The average Bonchev–Trinajstić information content (AvgIpc) is 3.12. The standard InChI is InChI=1S/C18H19F4NO4/c1-2-27-17(26)11(8-23-18(9-24)5-3-4-6-18)16(25)10-7-12(19)14(21)15(22)13(10)20/h7-8,23-24H,2-6,9H2,1H3. The van der Waals surface area contributed by atoms with E-state index in [9.17, 15) is 32.3 Å². The third kappa shape index (κ3) is 4.29. The van der Waals surface area contributed by atoms with Gasteiger partial charge in [-0.05, 0) is 25.8 Å². The van der Waals surface area contributed by atoms with Crippen molar-refractivity contribution in [1.29, 1.82) is 0 Å². The van der Waals surface area contributed by atoms with Crippen LogP contribution in [0.3, 0.4) is 0 Å². The van der Waals surface area contributed by atoms with E-state index in [-0.39, 0.29) is 19.3 Å². The number of ketones is 1. The van der Waals surface area contributed by atoms with Gasteiger partial charge in [-0.3, -0.25) is 4.79 Å². The molecule has 1 aromatic rings. The van der Waals surface area contributed by atoms with Crippen LogP contribution in [0.5, 0.6) is 0 Å². The van der Waals surface area contributed by atoms with Crippen molar-refractivity contribution in [2.75, 3.05) is 13.2 Å². The minimum absolute atomic E-state index is 0.108. The van der Waals surface area contributed by atoms with E-state index in [0.29, 0.717) is 12.8 Å². The molecule has 0 bridgehead atoms. The topological polar surface area (TPSA) is 75.6 Å². The lowest BCUT2D eigenvalue weighted by atomic mass is 9.98. The van der Waals surface area contributed by atoms with Crippen molar-refractivity contribution in [2.24, 2.45) is 0 Å². The van der Waals surface area contributed by atoms with E-state index in [1.165, 1.54) is 6.92 Å². The number of benzene rings is 1. The van der Waals surface area contributed by atoms with Gasteiger partial charge in [0.2, 0.25) is 5.78 Å². The predicted octanol–water partition coefficient (Wildman–Crippen LogP) is 2.77. The molecular formula is C18H19F4NO4. The molecule has 2 rings (SSSR count). The summed E-state index contributed by atoms with van der Waals surface area (Å²) in [5, 5.41) is 12.4. The lowest BCUT2D eigenvalue weighted by Crippen LogP contribution is -2.43. The van der Waals surface area contributed by atoms with Gasteiger partial charge in [-0.15, -0.1) is 0 Å². The maximum absolute atomic E-state index is 13.9. The number of esters is 1. The second-order valence-electron chi connectivity index (χ2n) is 6.25. The van der Waals surface area contributed by atoms with Crippen molar-refractivity contribution in [2.45, 2.75) is 38.1 Å². The highest BCUT2D eigenvalue weighted by molar-refractivity contribution is 6.24. The van der Waals surface area contributed by atoms with E-state index < -0.39 is 51.7 Å².